The molecule has 4 heteroatoms. The molecule has 0 spiro atoms. The van der Waals surface area contributed by atoms with Crippen LogP contribution in [0.4, 0.5) is 0 Å². The maximum atomic E-state index is 12.5. The lowest BCUT2D eigenvalue weighted by Crippen LogP contribution is -2.20. The number of nitrogens with zero attached hydrogens (tertiary/aromatic N) is 2. The van der Waals surface area contributed by atoms with Gasteiger partial charge in [0.15, 0.2) is 0 Å². The zero-order valence-electron chi connectivity index (χ0n) is 12.9. The largest absolute Gasteiger partial charge is 0.272 e. The Kier molecular flexibility index (Phi) is 4.43. The van der Waals surface area contributed by atoms with Crippen LogP contribution in [-0.2, 0) is 0 Å². The molecule has 1 aromatic heterocycles. The van der Waals surface area contributed by atoms with Gasteiger partial charge in [0.05, 0.1) is 5.71 Å². The normalized spacial score (nSPS) is 11.4. The smallest absolute Gasteiger partial charge is 0.267 e. The van der Waals surface area contributed by atoms with Crippen LogP contribution < -0.4 is 5.43 Å². The molecule has 0 atom stereocenters. The van der Waals surface area contributed by atoms with E-state index >= 15 is 0 Å². The Morgan fingerprint density at radius 3 is 2.57 bits per heavy atom. The van der Waals surface area contributed by atoms with Gasteiger partial charge in [0.25, 0.3) is 5.91 Å². The molecule has 4 nitrogen and oxygen atoms in total. The summed E-state index contributed by atoms with van der Waals surface area (Å²) in [5.41, 5.74) is 5.07. The Labute approximate surface area is 134 Å². The topological polar surface area (TPSA) is 54.4 Å². The molecule has 1 heterocycles. The molecule has 0 radical (unpaired) electrons. The minimum Gasteiger partial charge on any atom is -0.267 e. The SMILES string of the molecule is CCC(=NNC(=O)c1cccc2ccccc12)c1ccncc1. The third-order valence-electron chi connectivity index (χ3n) is 3.68. The van der Waals surface area contributed by atoms with Crippen LogP contribution in [-0.4, -0.2) is 16.6 Å². The second-order valence-electron chi connectivity index (χ2n) is 5.12. The van der Waals surface area contributed by atoms with Crippen molar-refractivity contribution >= 4 is 22.4 Å². The highest BCUT2D eigenvalue weighted by Crippen LogP contribution is 2.18. The number of pyridine rings is 1. The van der Waals surface area contributed by atoms with E-state index in [1.54, 1.807) is 12.4 Å². The molecule has 3 aromatic rings. The van der Waals surface area contributed by atoms with E-state index in [1.165, 1.54) is 0 Å². The summed E-state index contributed by atoms with van der Waals surface area (Å²) in [6.07, 6.45) is 4.15. The minimum atomic E-state index is -0.207. The number of aromatic nitrogens is 1. The van der Waals surface area contributed by atoms with E-state index in [-0.39, 0.29) is 5.91 Å². The average molecular weight is 303 g/mol. The van der Waals surface area contributed by atoms with E-state index in [1.807, 2.05) is 61.5 Å². The van der Waals surface area contributed by atoms with Crippen molar-refractivity contribution in [3.05, 3.63) is 78.1 Å². The van der Waals surface area contributed by atoms with Crippen molar-refractivity contribution in [1.82, 2.24) is 10.4 Å². The second-order valence-corrected chi connectivity index (χ2v) is 5.12. The van der Waals surface area contributed by atoms with Crippen LogP contribution in [0, 0.1) is 0 Å². The van der Waals surface area contributed by atoms with Gasteiger partial charge in [-0.25, -0.2) is 5.43 Å². The number of hydrazone groups is 1. The summed E-state index contributed by atoms with van der Waals surface area (Å²) >= 11 is 0. The Morgan fingerprint density at radius 1 is 1.04 bits per heavy atom. The van der Waals surface area contributed by atoms with Gasteiger partial charge >= 0.3 is 0 Å². The fraction of sp³-hybridized carbons (Fsp3) is 0.105. The molecule has 0 saturated carbocycles. The van der Waals surface area contributed by atoms with Gasteiger partial charge in [-0.05, 0) is 35.4 Å². The van der Waals surface area contributed by atoms with Crippen LogP contribution in [0.25, 0.3) is 10.8 Å². The van der Waals surface area contributed by atoms with Crippen LogP contribution in [0.5, 0.6) is 0 Å². The van der Waals surface area contributed by atoms with Crippen molar-refractivity contribution in [2.75, 3.05) is 0 Å². The summed E-state index contributed by atoms with van der Waals surface area (Å²) in [6, 6.07) is 17.3. The standard InChI is InChI=1S/C19H17N3O/c1-2-18(15-10-12-20-13-11-15)21-22-19(23)17-9-5-7-14-6-3-4-8-16(14)17/h3-13H,2H2,1H3,(H,22,23). The zero-order chi connectivity index (χ0) is 16.1. The van der Waals surface area contributed by atoms with Crippen molar-refractivity contribution in [2.45, 2.75) is 13.3 Å². The maximum absolute atomic E-state index is 12.5. The molecule has 0 aliphatic carbocycles. The zero-order valence-corrected chi connectivity index (χ0v) is 12.9. The van der Waals surface area contributed by atoms with Gasteiger partial charge in [0, 0.05) is 23.5 Å². The lowest BCUT2D eigenvalue weighted by molar-refractivity contribution is 0.0956. The lowest BCUT2D eigenvalue weighted by atomic mass is 10.0. The number of carbonyl (C=O) groups excluding carboxylic acids is 1. The molecule has 1 amide bonds. The Hall–Kier alpha value is -3.01. The number of fused-ring (bicyclic) bond motifs is 1. The number of amides is 1. The molecule has 0 bridgehead atoms. The summed E-state index contributed by atoms with van der Waals surface area (Å²) < 4.78 is 0. The summed E-state index contributed by atoms with van der Waals surface area (Å²) in [7, 11) is 0. The molecule has 23 heavy (non-hydrogen) atoms. The van der Waals surface area contributed by atoms with Gasteiger partial charge in [-0.15, -0.1) is 0 Å². The third-order valence-corrected chi connectivity index (χ3v) is 3.68. The first kappa shape index (κ1) is 14.9. The van der Waals surface area contributed by atoms with Gasteiger partial charge in [0.1, 0.15) is 0 Å². The van der Waals surface area contributed by atoms with Gasteiger partial charge in [-0.2, -0.15) is 5.10 Å². The third kappa shape index (κ3) is 3.26. The number of hydrogen-bond acceptors (Lipinski definition) is 3. The summed E-state index contributed by atoms with van der Waals surface area (Å²) in [6.45, 7) is 2.00. The predicted molar refractivity (Wildman–Crippen MR) is 92.5 cm³/mol. The van der Waals surface area contributed by atoms with Gasteiger partial charge < -0.3 is 0 Å². The summed E-state index contributed by atoms with van der Waals surface area (Å²) in [4.78, 5) is 16.5. The molecule has 3 rings (SSSR count). The predicted octanol–water partition coefficient (Wildman–Crippen LogP) is 3.78. The maximum Gasteiger partial charge on any atom is 0.272 e. The van der Waals surface area contributed by atoms with E-state index < -0.39 is 0 Å². The molecule has 0 aliphatic heterocycles. The Balaban J connectivity index is 1.87. The van der Waals surface area contributed by atoms with E-state index in [9.17, 15) is 4.79 Å². The van der Waals surface area contributed by atoms with E-state index in [0.29, 0.717) is 5.56 Å². The van der Waals surface area contributed by atoms with Crippen molar-refractivity contribution in [3.63, 3.8) is 0 Å². The molecule has 0 fully saturated rings. The van der Waals surface area contributed by atoms with Crippen LogP contribution in [0.1, 0.15) is 29.3 Å². The van der Waals surface area contributed by atoms with Crippen molar-refractivity contribution in [2.24, 2.45) is 5.10 Å². The number of benzene rings is 2. The van der Waals surface area contributed by atoms with Gasteiger partial charge in [-0.3, -0.25) is 9.78 Å². The first-order valence-corrected chi connectivity index (χ1v) is 7.54. The van der Waals surface area contributed by atoms with Crippen molar-refractivity contribution < 1.29 is 4.79 Å². The Morgan fingerprint density at radius 2 is 1.78 bits per heavy atom. The first-order chi connectivity index (χ1) is 11.3. The summed E-state index contributed by atoms with van der Waals surface area (Å²) in [5.74, 6) is -0.207. The average Bonchev–Trinajstić information content (AvgIpc) is 2.62. The molecular formula is C19H17N3O. The Bertz CT molecular complexity index is 851. The number of rotatable bonds is 4. The molecule has 1 N–H and O–H groups in total. The van der Waals surface area contributed by atoms with Crippen molar-refractivity contribution in [1.29, 1.82) is 0 Å². The second kappa shape index (κ2) is 6.83. The fourth-order valence-corrected chi connectivity index (χ4v) is 2.49. The first-order valence-electron chi connectivity index (χ1n) is 7.54. The van der Waals surface area contributed by atoms with E-state index in [0.717, 1.165) is 28.5 Å². The highest BCUT2D eigenvalue weighted by Gasteiger charge is 2.09. The van der Waals surface area contributed by atoms with Crippen LogP contribution >= 0.6 is 0 Å². The molecule has 0 unspecified atom stereocenters. The highest BCUT2D eigenvalue weighted by molar-refractivity contribution is 6.08. The molecule has 0 aliphatic rings. The summed E-state index contributed by atoms with van der Waals surface area (Å²) in [5, 5.41) is 6.24. The molecule has 114 valence electrons. The highest BCUT2D eigenvalue weighted by atomic mass is 16.2. The number of carbonyl (C=O) groups is 1. The molecular weight excluding hydrogens is 286 g/mol. The minimum absolute atomic E-state index is 0.207. The molecule has 0 saturated heterocycles. The van der Waals surface area contributed by atoms with Gasteiger partial charge in [0.2, 0.25) is 0 Å². The van der Waals surface area contributed by atoms with Gasteiger partial charge in [-0.1, -0.05) is 43.3 Å². The van der Waals surface area contributed by atoms with Crippen LogP contribution in [0.15, 0.2) is 72.1 Å². The fourth-order valence-electron chi connectivity index (χ4n) is 2.49. The van der Waals surface area contributed by atoms with E-state index in [4.69, 9.17) is 0 Å². The monoisotopic (exact) mass is 303 g/mol. The number of hydrogen-bond donors (Lipinski definition) is 1. The van der Waals surface area contributed by atoms with Crippen LogP contribution in [0.2, 0.25) is 0 Å². The van der Waals surface area contributed by atoms with E-state index in [2.05, 4.69) is 15.5 Å². The lowest BCUT2D eigenvalue weighted by Gasteiger charge is -2.07. The van der Waals surface area contributed by atoms with Crippen LogP contribution in [0.3, 0.4) is 0 Å². The van der Waals surface area contributed by atoms with Crippen molar-refractivity contribution in [3.8, 4) is 0 Å². The quantitative estimate of drug-likeness (QED) is 0.589. The molecule has 2 aromatic carbocycles. The number of nitrogens with one attached hydrogen (secondary N) is 1.